The van der Waals surface area contributed by atoms with E-state index < -0.39 is 0 Å². The molecule has 2 N–H and O–H groups in total. The van der Waals surface area contributed by atoms with E-state index >= 15 is 0 Å². The number of nitrogen functional groups attached to an aromatic ring is 1. The van der Waals surface area contributed by atoms with Crippen molar-refractivity contribution in [2.45, 2.75) is 45.2 Å². The monoisotopic (exact) mass is 287 g/mol. The average Bonchev–Trinajstić information content (AvgIpc) is 2.48. The predicted octanol–water partition coefficient (Wildman–Crippen LogP) is 2.28. The van der Waals surface area contributed by atoms with Crippen molar-refractivity contribution in [3.63, 3.8) is 0 Å². The molecule has 2 atom stereocenters. The summed E-state index contributed by atoms with van der Waals surface area (Å²) in [5.74, 6) is 0.0916. The Hall–Kier alpha value is -1.55. The van der Waals surface area contributed by atoms with E-state index in [9.17, 15) is 4.79 Å². The summed E-state index contributed by atoms with van der Waals surface area (Å²) in [6.07, 6.45) is 3.78. The van der Waals surface area contributed by atoms with Crippen LogP contribution in [0.25, 0.3) is 0 Å². The van der Waals surface area contributed by atoms with E-state index in [1.807, 2.05) is 30.0 Å². The summed E-state index contributed by atoms with van der Waals surface area (Å²) in [5.41, 5.74) is 8.34. The second-order valence-electron chi connectivity index (χ2n) is 6.54. The van der Waals surface area contributed by atoms with Crippen LogP contribution in [0.1, 0.15) is 42.1 Å². The van der Waals surface area contributed by atoms with E-state index in [1.54, 1.807) is 0 Å². The van der Waals surface area contributed by atoms with Gasteiger partial charge in [-0.1, -0.05) is 18.1 Å². The standard InChI is InChI=1S/C17H25N3O/c1-12-6-7-16(18)15(9-12)17(21)20-11-14-5-3-4-8-19(14)10-13(20)2/h6-7,9,13-14H,3-5,8,10-11,18H2,1-2H3. The molecule has 0 bridgehead atoms. The first-order chi connectivity index (χ1) is 10.1. The Balaban J connectivity index is 1.82. The fourth-order valence-corrected chi connectivity index (χ4v) is 3.65. The minimum atomic E-state index is 0.0916. The molecule has 2 saturated heterocycles. The lowest BCUT2D eigenvalue weighted by atomic mass is 9.96. The smallest absolute Gasteiger partial charge is 0.256 e. The van der Waals surface area contributed by atoms with Gasteiger partial charge in [0, 0.05) is 30.9 Å². The van der Waals surface area contributed by atoms with Crippen molar-refractivity contribution in [1.29, 1.82) is 0 Å². The van der Waals surface area contributed by atoms with Gasteiger partial charge >= 0.3 is 0 Å². The molecule has 2 fully saturated rings. The Morgan fingerprint density at radius 3 is 2.90 bits per heavy atom. The van der Waals surface area contributed by atoms with E-state index in [1.165, 1.54) is 25.8 Å². The van der Waals surface area contributed by atoms with E-state index in [0.29, 0.717) is 17.3 Å². The number of piperazine rings is 1. The number of piperidine rings is 1. The maximum absolute atomic E-state index is 12.9. The highest BCUT2D eigenvalue weighted by molar-refractivity contribution is 5.99. The summed E-state index contributed by atoms with van der Waals surface area (Å²) in [7, 11) is 0. The molecule has 4 nitrogen and oxygen atoms in total. The van der Waals surface area contributed by atoms with Gasteiger partial charge in [0.05, 0.1) is 5.56 Å². The van der Waals surface area contributed by atoms with Crippen LogP contribution in [-0.2, 0) is 0 Å². The Bertz CT molecular complexity index is 543. The first-order valence-corrected chi connectivity index (χ1v) is 7.97. The van der Waals surface area contributed by atoms with Gasteiger partial charge in [-0.3, -0.25) is 9.69 Å². The molecule has 3 rings (SSSR count). The number of nitrogens with two attached hydrogens (primary N) is 1. The first-order valence-electron chi connectivity index (χ1n) is 7.97. The van der Waals surface area contributed by atoms with Crippen LogP contribution >= 0.6 is 0 Å². The second-order valence-corrected chi connectivity index (χ2v) is 6.54. The Kier molecular flexibility index (Phi) is 3.89. The van der Waals surface area contributed by atoms with Crippen molar-refractivity contribution < 1.29 is 4.79 Å². The molecule has 21 heavy (non-hydrogen) atoms. The summed E-state index contributed by atoms with van der Waals surface area (Å²) in [4.78, 5) is 17.5. The molecular weight excluding hydrogens is 262 g/mol. The molecule has 0 spiro atoms. The van der Waals surface area contributed by atoms with E-state index in [-0.39, 0.29) is 11.9 Å². The van der Waals surface area contributed by atoms with Crippen LogP contribution in [0.15, 0.2) is 18.2 Å². The lowest BCUT2D eigenvalue weighted by Crippen LogP contribution is -2.60. The van der Waals surface area contributed by atoms with Gasteiger partial charge in [0.15, 0.2) is 0 Å². The number of nitrogens with zero attached hydrogens (tertiary/aromatic N) is 2. The van der Waals surface area contributed by atoms with Gasteiger partial charge in [0.1, 0.15) is 0 Å². The minimum absolute atomic E-state index is 0.0916. The van der Waals surface area contributed by atoms with Crippen molar-refractivity contribution in [3.05, 3.63) is 29.3 Å². The summed E-state index contributed by atoms with van der Waals surface area (Å²) in [6.45, 7) is 7.16. The number of hydrogen-bond acceptors (Lipinski definition) is 3. The van der Waals surface area contributed by atoms with E-state index in [2.05, 4.69) is 11.8 Å². The molecule has 0 aromatic heterocycles. The van der Waals surface area contributed by atoms with Gasteiger partial charge < -0.3 is 10.6 Å². The largest absolute Gasteiger partial charge is 0.398 e. The number of amides is 1. The van der Waals surface area contributed by atoms with Crippen molar-refractivity contribution in [2.24, 2.45) is 0 Å². The SMILES string of the molecule is Cc1ccc(N)c(C(=O)N2CC3CCCCN3CC2C)c1. The van der Waals surface area contributed by atoms with Crippen molar-refractivity contribution in [1.82, 2.24) is 9.80 Å². The normalized spacial score (nSPS) is 26.5. The second kappa shape index (κ2) is 5.68. The number of carbonyl (C=O) groups excluding carboxylic acids is 1. The third kappa shape index (κ3) is 2.77. The zero-order valence-corrected chi connectivity index (χ0v) is 13.0. The van der Waals surface area contributed by atoms with Gasteiger partial charge in [-0.25, -0.2) is 0 Å². The van der Waals surface area contributed by atoms with Gasteiger partial charge in [-0.2, -0.15) is 0 Å². The molecular formula is C17H25N3O. The molecule has 0 aliphatic carbocycles. The number of fused-ring (bicyclic) bond motifs is 1. The molecule has 2 aliphatic heterocycles. The number of hydrogen-bond donors (Lipinski definition) is 1. The summed E-state index contributed by atoms with van der Waals surface area (Å²) < 4.78 is 0. The number of rotatable bonds is 1. The summed E-state index contributed by atoms with van der Waals surface area (Å²) in [5, 5.41) is 0. The van der Waals surface area contributed by atoms with Gasteiger partial charge in [0.25, 0.3) is 5.91 Å². The van der Waals surface area contributed by atoms with E-state index in [0.717, 1.165) is 18.7 Å². The Labute approximate surface area is 126 Å². The molecule has 0 saturated carbocycles. The van der Waals surface area contributed by atoms with Gasteiger partial charge in [-0.05, 0) is 45.4 Å². The molecule has 2 aliphatic rings. The minimum Gasteiger partial charge on any atom is -0.398 e. The van der Waals surface area contributed by atoms with Crippen molar-refractivity contribution in [2.75, 3.05) is 25.4 Å². The highest BCUT2D eigenvalue weighted by Crippen LogP contribution is 2.26. The lowest BCUT2D eigenvalue weighted by Gasteiger charge is -2.47. The number of aryl methyl sites for hydroxylation is 1. The third-order valence-electron chi connectivity index (χ3n) is 4.89. The quantitative estimate of drug-likeness (QED) is 0.806. The fourth-order valence-electron chi connectivity index (χ4n) is 3.65. The van der Waals surface area contributed by atoms with Crippen LogP contribution in [0, 0.1) is 6.92 Å². The molecule has 1 aromatic carbocycles. The van der Waals surface area contributed by atoms with Crippen LogP contribution < -0.4 is 5.73 Å². The molecule has 1 amide bonds. The predicted molar refractivity (Wildman–Crippen MR) is 85.3 cm³/mol. The van der Waals surface area contributed by atoms with Crippen LogP contribution in [0.2, 0.25) is 0 Å². The van der Waals surface area contributed by atoms with Crippen molar-refractivity contribution >= 4 is 11.6 Å². The summed E-state index contributed by atoms with van der Waals surface area (Å²) in [6, 6.07) is 6.49. The average molecular weight is 287 g/mol. The molecule has 0 radical (unpaired) electrons. The fraction of sp³-hybridized carbons (Fsp3) is 0.588. The molecule has 2 heterocycles. The maximum Gasteiger partial charge on any atom is 0.256 e. The molecule has 4 heteroatoms. The zero-order valence-electron chi connectivity index (χ0n) is 13.0. The number of benzene rings is 1. The van der Waals surface area contributed by atoms with Gasteiger partial charge in [-0.15, -0.1) is 0 Å². The summed E-state index contributed by atoms with van der Waals surface area (Å²) >= 11 is 0. The van der Waals surface area contributed by atoms with Crippen LogP contribution in [0.5, 0.6) is 0 Å². The first kappa shape index (κ1) is 14.4. The lowest BCUT2D eigenvalue weighted by molar-refractivity contribution is 0.0152. The highest BCUT2D eigenvalue weighted by atomic mass is 16.2. The topological polar surface area (TPSA) is 49.6 Å². The van der Waals surface area contributed by atoms with Crippen LogP contribution in [-0.4, -0.2) is 47.4 Å². The maximum atomic E-state index is 12.9. The highest BCUT2D eigenvalue weighted by Gasteiger charge is 2.35. The Morgan fingerprint density at radius 1 is 1.29 bits per heavy atom. The number of anilines is 1. The van der Waals surface area contributed by atoms with E-state index in [4.69, 9.17) is 5.73 Å². The molecule has 1 aromatic rings. The van der Waals surface area contributed by atoms with Crippen molar-refractivity contribution in [3.8, 4) is 0 Å². The van der Waals surface area contributed by atoms with Crippen LogP contribution in [0.3, 0.4) is 0 Å². The molecule has 2 unspecified atom stereocenters. The molecule has 114 valence electrons. The number of carbonyl (C=O) groups is 1. The Morgan fingerprint density at radius 2 is 2.10 bits per heavy atom. The third-order valence-corrected chi connectivity index (χ3v) is 4.89. The van der Waals surface area contributed by atoms with Gasteiger partial charge in [0.2, 0.25) is 0 Å². The van der Waals surface area contributed by atoms with Crippen LogP contribution in [0.4, 0.5) is 5.69 Å². The zero-order chi connectivity index (χ0) is 15.0.